The Hall–Kier alpha value is -2.64. The zero-order valence-electron chi connectivity index (χ0n) is 20.8. The zero-order chi connectivity index (χ0) is 23.6. The molecule has 2 aromatic rings. The van der Waals surface area contributed by atoms with Gasteiger partial charge in [0.15, 0.2) is 0 Å². The van der Waals surface area contributed by atoms with Crippen molar-refractivity contribution in [1.29, 1.82) is 0 Å². The number of likely N-dealkylation sites (tertiary alicyclic amines) is 1. The lowest BCUT2D eigenvalue weighted by Gasteiger charge is -2.61. The molecule has 1 atom stereocenters. The summed E-state index contributed by atoms with van der Waals surface area (Å²) in [6.45, 7) is 12.0. The maximum absolute atomic E-state index is 12.4. The number of piperazine rings is 1. The molecule has 5 aliphatic rings. The number of carbonyl (C=O) groups is 1. The average Bonchev–Trinajstić information content (AvgIpc) is 3.60. The number of carbonyl (C=O) groups excluding carboxylic acids is 1. The molecule has 5 heterocycles. The number of anilines is 1. The van der Waals surface area contributed by atoms with E-state index in [4.69, 9.17) is 0 Å². The second-order valence-electron chi connectivity index (χ2n) is 11.4. The zero-order valence-corrected chi connectivity index (χ0v) is 20.8. The SMILES string of the molecule is CCN1CC2(C1)CN(c1ccc(-c3cc4n(c3)N=CCC4N3CCN(C(=O)C4CC4)CC3)cc1)C2. The molecule has 4 fully saturated rings. The van der Waals surface area contributed by atoms with Gasteiger partial charge in [0.1, 0.15) is 0 Å². The number of hydrogen-bond acceptors (Lipinski definition) is 5. The van der Waals surface area contributed by atoms with Crippen molar-refractivity contribution < 1.29 is 4.79 Å². The van der Waals surface area contributed by atoms with Crippen molar-refractivity contribution in [3.8, 4) is 11.1 Å². The van der Waals surface area contributed by atoms with Gasteiger partial charge >= 0.3 is 0 Å². The molecule has 1 saturated carbocycles. The first kappa shape index (κ1) is 21.6. The third kappa shape index (κ3) is 3.80. The lowest BCUT2D eigenvalue weighted by Crippen LogP contribution is -2.72. The van der Waals surface area contributed by atoms with E-state index in [0.717, 1.165) is 45.4 Å². The van der Waals surface area contributed by atoms with Crippen LogP contribution in [0.15, 0.2) is 41.6 Å². The van der Waals surface area contributed by atoms with Gasteiger partial charge < -0.3 is 14.7 Å². The van der Waals surface area contributed by atoms with Crippen molar-refractivity contribution in [2.75, 3.05) is 63.8 Å². The molecule has 1 aromatic carbocycles. The van der Waals surface area contributed by atoms with Crippen molar-refractivity contribution in [3.63, 3.8) is 0 Å². The van der Waals surface area contributed by atoms with Crippen LogP contribution in [0.5, 0.6) is 0 Å². The van der Waals surface area contributed by atoms with E-state index in [-0.39, 0.29) is 0 Å². The minimum atomic E-state index is 0.321. The number of rotatable bonds is 5. The predicted octanol–water partition coefficient (Wildman–Crippen LogP) is 3.13. The molecule has 0 bridgehead atoms. The Bertz CT molecular complexity index is 1130. The molecule has 1 amide bonds. The normalized spacial score (nSPS) is 25.9. The largest absolute Gasteiger partial charge is 0.370 e. The first-order valence-corrected chi connectivity index (χ1v) is 13.5. The van der Waals surface area contributed by atoms with Crippen molar-refractivity contribution >= 4 is 17.8 Å². The van der Waals surface area contributed by atoms with Crippen LogP contribution in [0, 0.1) is 11.3 Å². The van der Waals surface area contributed by atoms with Crippen LogP contribution in [0.25, 0.3) is 11.1 Å². The van der Waals surface area contributed by atoms with Gasteiger partial charge in [-0.2, -0.15) is 5.10 Å². The fraction of sp³-hybridized carbons (Fsp3) is 0.571. The minimum absolute atomic E-state index is 0.321. The molecule has 35 heavy (non-hydrogen) atoms. The standard InChI is InChI=1S/C28H36N6O/c1-2-30-17-28(18-30)19-33(20-28)24-7-5-21(6-8-24)23-15-26-25(9-10-29-34(26)16-23)31-11-13-32(14-12-31)27(35)22-3-4-22/h5-8,10,15-16,22,25H,2-4,9,11-14,17-20H2,1H3. The first-order valence-electron chi connectivity index (χ1n) is 13.5. The van der Waals surface area contributed by atoms with Gasteiger partial charge in [0, 0.05) is 93.8 Å². The van der Waals surface area contributed by atoms with Crippen LogP contribution in [0.2, 0.25) is 0 Å². The molecular weight excluding hydrogens is 436 g/mol. The summed E-state index contributed by atoms with van der Waals surface area (Å²) in [6, 6.07) is 11.8. The highest BCUT2D eigenvalue weighted by Crippen LogP contribution is 2.42. The molecule has 1 aromatic heterocycles. The van der Waals surface area contributed by atoms with E-state index in [2.05, 4.69) is 72.8 Å². The summed E-state index contributed by atoms with van der Waals surface area (Å²) in [5.41, 5.74) is 5.65. The third-order valence-electron chi connectivity index (χ3n) is 8.88. The van der Waals surface area contributed by atoms with Gasteiger partial charge in [-0.05, 0) is 43.1 Å². The van der Waals surface area contributed by atoms with Crippen molar-refractivity contribution in [2.45, 2.75) is 32.2 Å². The topological polar surface area (TPSA) is 47.3 Å². The number of benzene rings is 1. The monoisotopic (exact) mass is 472 g/mol. The van der Waals surface area contributed by atoms with Crippen LogP contribution in [0.4, 0.5) is 5.69 Å². The van der Waals surface area contributed by atoms with E-state index in [1.165, 1.54) is 55.2 Å². The molecule has 0 radical (unpaired) electrons. The van der Waals surface area contributed by atoms with Crippen LogP contribution >= 0.6 is 0 Å². The fourth-order valence-corrected chi connectivity index (χ4v) is 6.65. The van der Waals surface area contributed by atoms with Gasteiger partial charge in [-0.1, -0.05) is 19.1 Å². The maximum atomic E-state index is 12.4. The van der Waals surface area contributed by atoms with Crippen LogP contribution in [0.1, 0.15) is 37.9 Å². The van der Waals surface area contributed by atoms with E-state index >= 15 is 0 Å². The van der Waals surface area contributed by atoms with Crippen LogP contribution in [-0.4, -0.2) is 90.4 Å². The van der Waals surface area contributed by atoms with Crippen LogP contribution < -0.4 is 4.90 Å². The molecule has 1 unspecified atom stereocenters. The highest BCUT2D eigenvalue weighted by molar-refractivity contribution is 5.81. The Morgan fingerprint density at radius 1 is 1.00 bits per heavy atom. The van der Waals surface area contributed by atoms with E-state index in [9.17, 15) is 4.79 Å². The smallest absolute Gasteiger partial charge is 0.225 e. The first-order chi connectivity index (χ1) is 17.1. The summed E-state index contributed by atoms with van der Waals surface area (Å²) < 4.78 is 2.06. The van der Waals surface area contributed by atoms with Crippen LogP contribution in [0.3, 0.4) is 0 Å². The number of fused-ring (bicyclic) bond motifs is 1. The summed E-state index contributed by atoms with van der Waals surface area (Å²) in [7, 11) is 0. The molecular formula is C28H36N6O. The van der Waals surface area contributed by atoms with Gasteiger partial charge in [0.2, 0.25) is 5.91 Å². The molecule has 1 aliphatic carbocycles. The maximum Gasteiger partial charge on any atom is 0.225 e. The van der Waals surface area contributed by atoms with Gasteiger partial charge in [0.25, 0.3) is 0 Å². The number of amides is 1. The summed E-state index contributed by atoms with van der Waals surface area (Å²) in [5, 5.41) is 4.66. The Morgan fingerprint density at radius 2 is 1.74 bits per heavy atom. The fourth-order valence-electron chi connectivity index (χ4n) is 6.65. The van der Waals surface area contributed by atoms with E-state index in [1.807, 2.05) is 6.21 Å². The molecule has 7 nitrogen and oxygen atoms in total. The lowest BCUT2D eigenvalue weighted by atomic mass is 9.72. The second-order valence-corrected chi connectivity index (χ2v) is 11.4. The van der Waals surface area contributed by atoms with Crippen molar-refractivity contribution in [3.05, 3.63) is 42.2 Å². The third-order valence-corrected chi connectivity index (χ3v) is 8.88. The second kappa shape index (κ2) is 8.20. The molecule has 4 aliphatic heterocycles. The van der Waals surface area contributed by atoms with E-state index < -0.39 is 0 Å². The van der Waals surface area contributed by atoms with Gasteiger partial charge in [-0.25, -0.2) is 4.68 Å². The number of aromatic nitrogens is 1. The average molecular weight is 473 g/mol. The molecule has 3 saturated heterocycles. The van der Waals surface area contributed by atoms with Gasteiger partial charge in [-0.3, -0.25) is 9.69 Å². The Balaban J connectivity index is 1.01. The Labute approximate surface area is 208 Å². The van der Waals surface area contributed by atoms with Crippen molar-refractivity contribution in [2.24, 2.45) is 16.4 Å². The molecule has 1 spiro atoms. The van der Waals surface area contributed by atoms with Gasteiger partial charge in [-0.15, -0.1) is 0 Å². The Kier molecular flexibility index (Phi) is 5.07. The lowest BCUT2D eigenvalue weighted by molar-refractivity contribution is -0.134. The highest BCUT2D eigenvalue weighted by Gasteiger charge is 2.51. The molecule has 7 rings (SSSR count). The van der Waals surface area contributed by atoms with Gasteiger partial charge in [0.05, 0.1) is 11.7 Å². The summed E-state index contributed by atoms with van der Waals surface area (Å²) in [4.78, 5) is 22.1. The Morgan fingerprint density at radius 3 is 2.43 bits per heavy atom. The predicted molar refractivity (Wildman–Crippen MR) is 139 cm³/mol. The van der Waals surface area contributed by atoms with Crippen molar-refractivity contribution in [1.82, 2.24) is 19.4 Å². The number of hydrogen-bond donors (Lipinski definition) is 0. The van der Waals surface area contributed by atoms with Crippen LogP contribution in [-0.2, 0) is 4.79 Å². The summed E-state index contributed by atoms with van der Waals surface area (Å²) >= 11 is 0. The molecule has 184 valence electrons. The highest BCUT2D eigenvalue weighted by atomic mass is 16.2. The number of nitrogens with zero attached hydrogens (tertiary/aromatic N) is 6. The summed E-state index contributed by atoms with van der Waals surface area (Å²) in [5.74, 6) is 0.703. The van der Waals surface area contributed by atoms with E-state index in [1.54, 1.807) is 0 Å². The molecule has 7 heteroatoms. The molecule has 0 N–H and O–H groups in total. The quantitative estimate of drug-likeness (QED) is 0.671. The minimum Gasteiger partial charge on any atom is -0.370 e. The van der Waals surface area contributed by atoms with E-state index in [0.29, 0.717) is 23.3 Å². The summed E-state index contributed by atoms with van der Waals surface area (Å²) in [6.07, 6.45) is 7.33.